The van der Waals surface area contributed by atoms with Gasteiger partial charge in [0.1, 0.15) is 5.75 Å². The normalized spacial score (nSPS) is 11.6. The van der Waals surface area contributed by atoms with Crippen LogP contribution in [0.5, 0.6) is 5.75 Å². The first-order chi connectivity index (χ1) is 7.61. The van der Waals surface area contributed by atoms with Gasteiger partial charge in [0.05, 0.1) is 7.11 Å². The number of ether oxygens (including phenoxy) is 1. The van der Waals surface area contributed by atoms with Gasteiger partial charge in [-0.3, -0.25) is 0 Å². The van der Waals surface area contributed by atoms with Crippen LogP contribution in [0.3, 0.4) is 0 Å². The molecule has 0 amide bonds. The van der Waals surface area contributed by atoms with Gasteiger partial charge in [0.25, 0.3) is 10.0 Å². The highest BCUT2D eigenvalue weighted by atomic mass is 32.2. The van der Waals surface area contributed by atoms with E-state index in [0.29, 0.717) is 12.3 Å². The first-order valence-electron chi connectivity index (χ1n) is 4.87. The monoisotopic (exact) mass is 264 g/mol. The molecule has 0 spiro atoms. The van der Waals surface area contributed by atoms with Crippen LogP contribution in [0.2, 0.25) is 0 Å². The lowest BCUT2D eigenvalue weighted by Crippen LogP contribution is -2.26. The molecule has 0 fully saturated rings. The van der Waals surface area contributed by atoms with E-state index in [1.807, 2.05) is 7.05 Å². The van der Waals surface area contributed by atoms with Crippen molar-refractivity contribution < 1.29 is 13.2 Å². The highest BCUT2D eigenvalue weighted by Crippen LogP contribution is 2.28. The third-order valence-corrected chi connectivity index (χ3v) is 4.86. The Morgan fingerprint density at radius 1 is 1.44 bits per heavy atom. The number of sulfonamides is 1. The molecule has 1 aromatic heterocycles. The average Bonchev–Trinajstić information content (AvgIpc) is 2.73. The van der Waals surface area contributed by atoms with Crippen molar-refractivity contribution in [3.63, 3.8) is 0 Å². The Labute approximate surface area is 99.9 Å². The largest absolute Gasteiger partial charge is 0.494 e. The molecule has 0 aromatic carbocycles. The van der Waals surface area contributed by atoms with E-state index >= 15 is 0 Å². The van der Waals surface area contributed by atoms with Gasteiger partial charge < -0.3 is 10.1 Å². The summed E-state index contributed by atoms with van der Waals surface area (Å²) in [5, 5.41) is 4.65. The van der Waals surface area contributed by atoms with Crippen molar-refractivity contribution in [2.45, 2.75) is 10.6 Å². The van der Waals surface area contributed by atoms with E-state index in [4.69, 9.17) is 4.74 Å². The maximum absolute atomic E-state index is 11.8. The summed E-state index contributed by atoms with van der Waals surface area (Å²) in [5.74, 6) is 0.395. The summed E-state index contributed by atoms with van der Waals surface area (Å²) in [5.41, 5.74) is 0. The van der Waals surface area contributed by atoms with Crippen LogP contribution in [0.25, 0.3) is 0 Å². The molecule has 0 aliphatic heterocycles. The Hall–Kier alpha value is -0.630. The number of methoxy groups -OCH3 is 1. The van der Waals surface area contributed by atoms with Crippen LogP contribution in [-0.2, 0) is 10.0 Å². The average molecular weight is 264 g/mol. The molecule has 1 aromatic rings. The van der Waals surface area contributed by atoms with E-state index < -0.39 is 10.0 Å². The Morgan fingerprint density at radius 3 is 2.81 bits per heavy atom. The summed E-state index contributed by atoms with van der Waals surface area (Å²) < 4.78 is 31.4. The molecule has 0 aliphatic rings. The summed E-state index contributed by atoms with van der Waals surface area (Å²) in [6.07, 6.45) is 0.753. The second-order valence-electron chi connectivity index (χ2n) is 3.13. The summed E-state index contributed by atoms with van der Waals surface area (Å²) in [4.78, 5) is 0. The lowest BCUT2D eigenvalue weighted by atomic mass is 10.4. The zero-order chi connectivity index (χ0) is 12.0. The van der Waals surface area contributed by atoms with Crippen LogP contribution in [0, 0.1) is 0 Å². The van der Waals surface area contributed by atoms with Gasteiger partial charge in [0.2, 0.25) is 0 Å². The second kappa shape index (κ2) is 6.19. The van der Waals surface area contributed by atoms with Gasteiger partial charge >= 0.3 is 0 Å². The lowest BCUT2D eigenvalue weighted by molar-refractivity contribution is 0.406. The molecule has 0 aliphatic carbocycles. The third-order valence-electron chi connectivity index (χ3n) is 1.96. The van der Waals surface area contributed by atoms with Crippen molar-refractivity contribution in [3.8, 4) is 5.75 Å². The number of nitrogens with one attached hydrogen (secondary N) is 2. The minimum Gasteiger partial charge on any atom is -0.494 e. The third kappa shape index (κ3) is 3.44. The summed E-state index contributed by atoms with van der Waals surface area (Å²) in [6.45, 7) is 1.20. The predicted molar refractivity (Wildman–Crippen MR) is 64.6 cm³/mol. The van der Waals surface area contributed by atoms with Crippen LogP contribution in [0.15, 0.2) is 15.7 Å². The quantitative estimate of drug-likeness (QED) is 0.709. The fourth-order valence-electron chi connectivity index (χ4n) is 1.17. The van der Waals surface area contributed by atoms with Crippen molar-refractivity contribution in [2.75, 3.05) is 27.2 Å². The van der Waals surface area contributed by atoms with Crippen molar-refractivity contribution in [1.82, 2.24) is 10.0 Å². The number of hydrogen-bond acceptors (Lipinski definition) is 5. The first-order valence-corrected chi connectivity index (χ1v) is 7.24. The van der Waals surface area contributed by atoms with E-state index in [2.05, 4.69) is 10.0 Å². The molecular formula is C9H16N2O3S2. The molecule has 92 valence electrons. The fourth-order valence-corrected chi connectivity index (χ4v) is 3.56. The Balaban J connectivity index is 2.64. The molecule has 0 unspecified atom stereocenters. The number of thiophene rings is 1. The molecule has 0 bridgehead atoms. The van der Waals surface area contributed by atoms with Gasteiger partial charge in [-0.15, -0.1) is 11.3 Å². The highest BCUT2D eigenvalue weighted by Gasteiger charge is 2.20. The molecule has 0 radical (unpaired) electrons. The second-order valence-corrected chi connectivity index (χ2v) is 6.01. The molecule has 0 atom stereocenters. The molecule has 7 heteroatoms. The van der Waals surface area contributed by atoms with Crippen LogP contribution in [0.1, 0.15) is 6.42 Å². The van der Waals surface area contributed by atoms with E-state index in [1.165, 1.54) is 7.11 Å². The molecule has 1 rings (SSSR count). The molecular weight excluding hydrogens is 248 g/mol. The Bertz CT molecular complexity index is 414. The molecule has 1 heterocycles. The lowest BCUT2D eigenvalue weighted by Gasteiger charge is -2.06. The van der Waals surface area contributed by atoms with Gasteiger partial charge in [0, 0.05) is 6.54 Å². The van der Waals surface area contributed by atoms with E-state index in [-0.39, 0.29) is 4.21 Å². The predicted octanol–water partition coefficient (Wildman–Crippen LogP) is 0.644. The van der Waals surface area contributed by atoms with E-state index in [9.17, 15) is 8.42 Å². The van der Waals surface area contributed by atoms with Crippen LogP contribution in [-0.4, -0.2) is 35.7 Å². The van der Waals surface area contributed by atoms with Crippen molar-refractivity contribution >= 4 is 21.4 Å². The van der Waals surface area contributed by atoms with E-state index in [1.54, 1.807) is 11.4 Å². The fraction of sp³-hybridized carbons (Fsp3) is 0.556. The van der Waals surface area contributed by atoms with Gasteiger partial charge in [-0.1, -0.05) is 0 Å². The Morgan fingerprint density at radius 2 is 2.19 bits per heavy atom. The van der Waals surface area contributed by atoms with Gasteiger partial charge in [-0.05, 0) is 31.5 Å². The van der Waals surface area contributed by atoms with Crippen LogP contribution >= 0.6 is 11.3 Å². The van der Waals surface area contributed by atoms with E-state index in [0.717, 1.165) is 24.3 Å². The number of hydrogen-bond donors (Lipinski definition) is 2. The minimum atomic E-state index is -3.42. The van der Waals surface area contributed by atoms with Gasteiger partial charge in [0.15, 0.2) is 4.21 Å². The smallest absolute Gasteiger partial charge is 0.253 e. The minimum absolute atomic E-state index is 0.236. The summed E-state index contributed by atoms with van der Waals surface area (Å²) in [6, 6.07) is 1.65. The maximum Gasteiger partial charge on any atom is 0.253 e. The maximum atomic E-state index is 11.8. The molecule has 5 nitrogen and oxygen atoms in total. The summed E-state index contributed by atoms with van der Waals surface area (Å²) >= 11 is 1.15. The van der Waals surface area contributed by atoms with Gasteiger partial charge in [-0.25, -0.2) is 13.1 Å². The van der Waals surface area contributed by atoms with Crippen LogP contribution < -0.4 is 14.8 Å². The Kier molecular flexibility index (Phi) is 5.20. The van der Waals surface area contributed by atoms with Crippen molar-refractivity contribution in [2.24, 2.45) is 0 Å². The van der Waals surface area contributed by atoms with Crippen molar-refractivity contribution in [3.05, 3.63) is 11.4 Å². The topological polar surface area (TPSA) is 67.4 Å². The summed E-state index contributed by atoms with van der Waals surface area (Å²) in [7, 11) is -0.134. The van der Waals surface area contributed by atoms with Crippen LogP contribution in [0.4, 0.5) is 0 Å². The molecule has 16 heavy (non-hydrogen) atoms. The molecule has 0 saturated carbocycles. The standard InChI is InChI=1S/C9H16N2O3S2/c1-10-5-3-6-11-16(12,13)9-8(14-2)4-7-15-9/h4,7,10-11H,3,5-6H2,1-2H3. The molecule has 2 N–H and O–H groups in total. The zero-order valence-corrected chi connectivity index (χ0v) is 11.0. The molecule has 0 saturated heterocycles. The highest BCUT2D eigenvalue weighted by molar-refractivity contribution is 7.91. The van der Waals surface area contributed by atoms with Crippen molar-refractivity contribution in [1.29, 1.82) is 0 Å². The zero-order valence-electron chi connectivity index (χ0n) is 9.32. The first kappa shape index (κ1) is 13.4. The number of rotatable bonds is 7. The van der Waals surface area contributed by atoms with Gasteiger partial charge in [-0.2, -0.15) is 0 Å². The SMILES string of the molecule is CNCCCNS(=O)(=O)c1sccc1OC.